The first-order valence-electron chi connectivity index (χ1n) is 11.9. The number of nitrogens with zero attached hydrogens (tertiary/aromatic N) is 3. The number of carbonyl (C=O) groups is 1. The van der Waals surface area contributed by atoms with Crippen LogP contribution < -0.4 is 11.1 Å². The molecule has 3 aromatic rings. The number of anilines is 2. The Hall–Kier alpha value is -3.11. The number of sulfone groups is 1. The van der Waals surface area contributed by atoms with Gasteiger partial charge in [-0.1, -0.05) is 36.8 Å². The van der Waals surface area contributed by atoms with Gasteiger partial charge in [-0.3, -0.25) is 4.79 Å². The molecule has 10 nitrogen and oxygen atoms in total. The number of aromatic nitrogens is 2. The SMILES string of the molecule is CCC1OP(=O)(CS(=O)(=O)c2ccc(NC(=O)c3nc(-c4ccc(C)cc4)cnc3N)cc2)[N+]1(C)CC. The minimum atomic E-state index is -3.89. The lowest BCUT2D eigenvalue weighted by atomic mass is 10.1. The van der Waals surface area contributed by atoms with Crippen LogP contribution in [0.15, 0.2) is 59.6 Å². The predicted molar refractivity (Wildman–Crippen MR) is 143 cm³/mol. The molecule has 0 bridgehead atoms. The Kier molecular flexibility index (Phi) is 7.27. The smallest absolute Gasteiger partial charge is 0.382 e. The Labute approximate surface area is 216 Å². The molecule has 1 saturated heterocycles. The van der Waals surface area contributed by atoms with E-state index in [1.807, 2.05) is 45.0 Å². The van der Waals surface area contributed by atoms with Crippen LogP contribution in [0.3, 0.4) is 0 Å². The van der Waals surface area contributed by atoms with Crippen molar-refractivity contribution < 1.29 is 26.6 Å². The number of nitrogens with two attached hydrogens (primary N) is 1. The monoisotopic (exact) mass is 544 g/mol. The second-order valence-corrected chi connectivity index (χ2v) is 14.3. The average Bonchev–Trinajstić information content (AvgIpc) is 2.87. The van der Waals surface area contributed by atoms with Gasteiger partial charge in [0.05, 0.1) is 30.4 Å². The first-order chi connectivity index (χ1) is 17.4. The second kappa shape index (κ2) is 9.98. The maximum Gasteiger partial charge on any atom is 0.404 e. The van der Waals surface area contributed by atoms with E-state index in [2.05, 4.69) is 15.3 Å². The molecule has 37 heavy (non-hydrogen) atoms. The van der Waals surface area contributed by atoms with E-state index in [9.17, 15) is 17.8 Å². The number of rotatable bonds is 8. The van der Waals surface area contributed by atoms with Crippen LogP contribution in [0.25, 0.3) is 11.3 Å². The van der Waals surface area contributed by atoms with Gasteiger partial charge in [-0.05, 0) is 38.1 Å². The quantitative estimate of drug-likeness (QED) is 0.397. The molecule has 3 atom stereocenters. The Balaban J connectivity index is 1.50. The highest BCUT2D eigenvalue weighted by molar-refractivity contribution is 7.97. The number of aryl methyl sites for hydroxylation is 1. The number of nitrogen functional groups attached to an aromatic ring is 1. The molecule has 12 heteroatoms. The van der Waals surface area contributed by atoms with Crippen molar-refractivity contribution in [1.82, 2.24) is 9.97 Å². The molecule has 1 aliphatic heterocycles. The maximum atomic E-state index is 13.3. The van der Waals surface area contributed by atoms with E-state index in [4.69, 9.17) is 10.3 Å². The van der Waals surface area contributed by atoms with Crippen LogP contribution in [-0.2, 0) is 18.9 Å². The Morgan fingerprint density at radius 3 is 2.38 bits per heavy atom. The van der Waals surface area contributed by atoms with E-state index in [0.717, 1.165) is 11.1 Å². The Bertz CT molecular complexity index is 1480. The van der Waals surface area contributed by atoms with Crippen molar-refractivity contribution in [2.24, 2.45) is 0 Å². The zero-order valence-electron chi connectivity index (χ0n) is 21.2. The van der Waals surface area contributed by atoms with Gasteiger partial charge in [-0.2, -0.15) is 0 Å². The molecule has 1 aliphatic rings. The first-order valence-corrected chi connectivity index (χ1v) is 15.3. The lowest BCUT2D eigenvalue weighted by Gasteiger charge is -2.52. The summed E-state index contributed by atoms with van der Waals surface area (Å²) in [6.45, 7) is 6.26. The van der Waals surface area contributed by atoms with E-state index in [-0.39, 0.29) is 26.9 Å². The summed E-state index contributed by atoms with van der Waals surface area (Å²) in [6.07, 6.45) is 1.87. The molecule has 0 radical (unpaired) electrons. The van der Waals surface area contributed by atoms with Gasteiger partial charge in [0.15, 0.2) is 26.8 Å². The topological polar surface area (TPSA) is 141 Å². The fourth-order valence-electron chi connectivity index (χ4n) is 4.26. The molecule has 3 unspecified atom stereocenters. The molecule has 2 heterocycles. The number of hydrogen-bond donors (Lipinski definition) is 2. The highest BCUT2D eigenvalue weighted by Crippen LogP contribution is 2.68. The third-order valence-corrected chi connectivity index (χ3v) is 12.9. The second-order valence-electron chi connectivity index (χ2n) is 9.21. The molecule has 196 valence electrons. The minimum absolute atomic E-state index is 0.00685. The summed E-state index contributed by atoms with van der Waals surface area (Å²) in [6, 6.07) is 13.3. The maximum absolute atomic E-state index is 13.3. The highest BCUT2D eigenvalue weighted by Gasteiger charge is 2.63. The summed E-state index contributed by atoms with van der Waals surface area (Å²) < 4.78 is 45.1. The van der Waals surface area contributed by atoms with E-state index >= 15 is 0 Å². The fourth-order valence-corrected chi connectivity index (χ4v) is 10.3. The van der Waals surface area contributed by atoms with Gasteiger partial charge in [-0.25, -0.2) is 31.7 Å². The minimum Gasteiger partial charge on any atom is -0.382 e. The van der Waals surface area contributed by atoms with Gasteiger partial charge in [0, 0.05) is 17.7 Å². The van der Waals surface area contributed by atoms with Crippen molar-refractivity contribution in [3.8, 4) is 11.3 Å². The van der Waals surface area contributed by atoms with E-state index < -0.39 is 28.8 Å². The summed E-state index contributed by atoms with van der Waals surface area (Å²) in [5.74, 6) is -0.608. The van der Waals surface area contributed by atoms with Crippen molar-refractivity contribution in [2.45, 2.75) is 38.3 Å². The lowest BCUT2D eigenvalue weighted by molar-refractivity contribution is -0.884. The van der Waals surface area contributed by atoms with Crippen LogP contribution >= 0.6 is 7.52 Å². The van der Waals surface area contributed by atoms with Gasteiger partial charge < -0.3 is 11.1 Å². The molecule has 0 spiro atoms. The highest BCUT2D eigenvalue weighted by atomic mass is 32.2. The first kappa shape index (κ1) is 26.9. The predicted octanol–water partition coefficient (Wildman–Crippen LogP) is 4.44. The van der Waals surface area contributed by atoms with E-state index in [1.165, 1.54) is 30.5 Å². The van der Waals surface area contributed by atoms with Crippen molar-refractivity contribution >= 4 is 34.8 Å². The summed E-state index contributed by atoms with van der Waals surface area (Å²) >= 11 is 0. The van der Waals surface area contributed by atoms with Crippen molar-refractivity contribution in [3.05, 3.63) is 66.0 Å². The molecule has 0 saturated carbocycles. The van der Waals surface area contributed by atoms with Gasteiger partial charge in [0.1, 0.15) is 0 Å². The molecular formula is C25H31N5O5PS+. The number of amides is 1. The number of nitrogens with one attached hydrogen (secondary N) is 1. The van der Waals surface area contributed by atoms with Crippen LogP contribution in [0.5, 0.6) is 0 Å². The van der Waals surface area contributed by atoms with E-state index in [0.29, 0.717) is 24.3 Å². The van der Waals surface area contributed by atoms with Gasteiger partial charge >= 0.3 is 7.52 Å². The molecule has 2 aromatic carbocycles. The normalized spacial score (nSPS) is 23.3. The lowest BCUT2D eigenvalue weighted by Crippen LogP contribution is -2.59. The molecule has 1 aromatic heterocycles. The molecule has 3 N–H and O–H groups in total. The zero-order valence-corrected chi connectivity index (χ0v) is 22.9. The molecule has 1 fully saturated rings. The van der Waals surface area contributed by atoms with Crippen molar-refractivity contribution in [1.29, 1.82) is 0 Å². The number of hydrogen-bond acceptors (Lipinski definition) is 8. The number of benzene rings is 2. The van der Waals surface area contributed by atoms with Crippen molar-refractivity contribution in [2.75, 3.05) is 30.1 Å². The Morgan fingerprint density at radius 1 is 1.14 bits per heavy atom. The summed E-state index contributed by atoms with van der Waals surface area (Å²) in [5.41, 5.74) is 8.00. The third kappa shape index (κ3) is 5.04. The zero-order chi connectivity index (χ0) is 27.0. The van der Waals surface area contributed by atoms with Crippen LogP contribution in [0, 0.1) is 6.92 Å². The molecule has 0 aliphatic carbocycles. The summed E-state index contributed by atoms with van der Waals surface area (Å²) in [7, 11) is -5.56. The summed E-state index contributed by atoms with van der Waals surface area (Å²) in [4.78, 5) is 21.4. The van der Waals surface area contributed by atoms with Crippen LogP contribution in [-0.4, -0.2) is 53.9 Å². The van der Waals surface area contributed by atoms with Crippen LogP contribution in [0.2, 0.25) is 0 Å². The average molecular weight is 545 g/mol. The summed E-state index contributed by atoms with van der Waals surface area (Å²) in [5, 5.41) is 2.67. The largest absolute Gasteiger partial charge is 0.404 e. The van der Waals surface area contributed by atoms with Crippen LogP contribution in [0.1, 0.15) is 36.3 Å². The van der Waals surface area contributed by atoms with Crippen LogP contribution in [0.4, 0.5) is 11.5 Å². The number of carbonyl (C=O) groups excluding carboxylic acids is 1. The van der Waals surface area contributed by atoms with Gasteiger partial charge in [0.2, 0.25) is 6.23 Å². The fraction of sp³-hybridized carbons (Fsp3) is 0.320. The number of quaternary nitrogens is 1. The molecule has 1 amide bonds. The van der Waals surface area contributed by atoms with Gasteiger partial charge in [0.25, 0.3) is 5.91 Å². The molecular weight excluding hydrogens is 513 g/mol. The van der Waals surface area contributed by atoms with Crippen molar-refractivity contribution in [3.63, 3.8) is 0 Å². The standard InChI is InChI=1S/C25H30N5O5PS/c1-5-22-30(4,6-2)36(32,35-22)16-37(33,34)20-13-11-19(12-14-20)28-25(31)23-24(26)27-15-21(29-23)18-9-7-17(3)8-10-18/h7-15,22H,5-6,16H2,1-4H3,(H2-,26,27,28,31)/p+1. The Morgan fingerprint density at radius 2 is 1.78 bits per heavy atom. The molecule has 4 rings (SSSR count). The third-order valence-electron chi connectivity index (χ3n) is 6.76. The van der Waals surface area contributed by atoms with E-state index in [1.54, 1.807) is 7.05 Å². The van der Waals surface area contributed by atoms with Gasteiger partial charge in [-0.15, -0.1) is 0 Å².